The van der Waals surface area contributed by atoms with E-state index in [2.05, 4.69) is 11.1 Å². The van der Waals surface area contributed by atoms with E-state index in [1.807, 2.05) is 32.0 Å². The third-order valence-electron chi connectivity index (χ3n) is 4.20. The van der Waals surface area contributed by atoms with Crippen molar-refractivity contribution in [2.24, 2.45) is 0 Å². The molecule has 7 heteroatoms. The van der Waals surface area contributed by atoms with Crippen molar-refractivity contribution in [3.63, 3.8) is 0 Å². The monoisotopic (exact) mass is 399 g/mol. The van der Waals surface area contributed by atoms with Gasteiger partial charge in [-0.05, 0) is 55.3 Å². The molecule has 0 radical (unpaired) electrons. The lowest BCUT2D eigenvalue weighted by atomic mass is 10.1. The topological polar surface area (TPSA) is 70.1 Å². The van der Waals surface area contributed by atoms with Gasteiger partial charge in [0.05, 0.1) is 18.2 Å². The third-order valence-corrected chi connectivity index (χ3v) is 5.25. The van der Waals surface area contributed by atoms with E-state index >= 15 is 0 Å². The van der Waals surface area contributed by atoms with Crippen LogP contribution >= 0.6 is 23.4 Å². The van der Waals surface area contributed by atoms with Crippen molar-refractivity contribution in [1.29, 1.82) is 5.26 Å². The number of nitrogens with zero attached hydrogens (tertiary/aromatic N) is 3. The minimum Gasteiger partial charge on any atom is -0.431 e. The number of fused-ring (bicyclic) bond motifs is 1. The largest absolute Gasteiger partial charge is 0.431 e. The molecular weight excluding hydrogens is 382 g/mol. The first-order valence-electron chi connectivity index (χ1n) is 8.41. The van der Waals surface area contributed by atoms with Crippen LogP contribution in [0.5, 0.6) is 0 Å². The average Bonchev–Trinajstić information content (AvgIpc) is 3.05. The number of benzene rings is 2. The Bertz CT molecular complexity index is 1030. The molecule has 0 unspecified atom stereocenters. The van der Waals surface area contributed by atoms with E-state index in [9.17, 15) is 4.79 Å². The lowest BCUT2D eigenvalue weighted by Crippen LogP contribution is -2.33. The summed E-state index contributed by atoms with van der Waals surface area (Å²) in [7, 11) is 0. The molecule has 1 heterocycles. The quantitative estimate of drug-likeness (QED) is 0.537. The molecule has 27 heavy (non-hydrogen) atoms. The Morgan fingerprint density at radius 1 is 1.26 bits per heavy atom. The van der Waals surface area contributed by atoms with Crippen molar-refractivity contribution in [1.82, 2.24) is 4.98 Å². The van der Waals surface area contributed by atoms with Crippen LogP contribution in [0, 0.1) is 25.2 Å². The van der Waals surface area contributed by atoms with E-state index in [1.54, 1.807) is 23.1 Å². The minimum atomic E-state index is -0.0983. The van der Waals surface area contributed by atoms with Crippen molar-refractivity contribution >= 4 is 46.1 Å². The van der Waals surface area contributed by atoms with Crippen LogP contribution in [0.25, 0.3) is 11.1 Å². The molecule has 0 saturated carbocycles. The number of rotatable bonds is 6. The lowest BCUT2D eigenvalue weighted by molar-refractivity contribution is -0.116. The number of hydrogen-bond donors (Lipinski definition) is 0. The van der Waals surface area contributed by atoms with Crippen LogP contribution in [0.15, 0.2) is 46.0 Å². The number of halogens is 1. The van der Waals surface area contributed by atoms with E-state index in [0.29, 0.717) is 27.9 Å². The number of carbonyl (C=O) groups is 1. The first-order chi connectivity index (χ1) is 13.0. The Labute approximate surface area is 166 Å². The molecule has 0 aliphatic rings. The number of amides is 1. The smallest absolute Gasteiger partial charge is 0.257 e. The number of oxazole rings is 1. The highest BCUT2D eigenvalue weighted by molar-refractivity contribution is 7.99. The Morgan fingerprint density at radius 2 is 2.07 bits per heavy atom. The number of thioether (sulfide) groups is 1. The molecule has 0 N–H and O–H groups in total. The van der Waals surface area contributed by atoms with E-state index in [1.165, 1.54) is 11.8 Å². The van der Waals surface area contributed by atoms with Gasteiger partial charge in [-0.15, -0.1) is 0 Å². The highest BCUT2D eigenvalue weighted by Crippen LogP contribution is 2.27. The summed E-state index contributed by atoms with van der Waals surface area (Å²) >= 11 is 7.19. The van der Waals surface area contributed by atoms with Gasteiger partial charge in [-0.2, -0.15) is 5.26 Å². The fraction of sp³-hybridized carbons (Fsp3) is 0.250. The van der Waals surface area contributed by atoms with E-state index in [4.69, 9.17) is 21.3 Å². The summed E-state index contributed by atoms with van der Waals surface area (Å²) in [6.07, 6.45) is 0.269. The Hall–Kier alpha value is -2.49. The summed E-state index contributed by atoms with van der Waals surface area (Å²) in [6, 6.07) is 13.2. The maximum atomic E-state index is 12.8. The predicted molar refractivity (Wildman–Crippen MR) is 108 cm³/mol. The van der Waals surface area contributed by atoms with E-state index in [0.717, 1.165) is 16.8 Å². The molecule has 0 aliphatic heterocycles. The summed E-state index contributed by atoms with van der Waals surface area (Å²) in [5.41, 5.74) is 4.35. The second-order valence-electron chi connectivity index (χ2n) is 6.10. The van der Waals surface area contributed by atoms with Crippen molar-refractivity contribution in [3.8, 4) is 6.07 Å². The van der Waals surface area contributed by atoms with Crippen molar-refractivity contribution in [2.75, 3.05) is 17.2 Å². The van der Waals surface area contributed by atoms with Crippen molar-refractivity contribution < 1.29 is 9.21 Å². The fourth-order valence-corrected chi connectivity index (χ4v) is 3.48. The number of hydrogen-bond acceptors (Lipinski definition) is 5. The van der Waals surface area contributed by atoms with Crippen LogP contribution in [-0.2, 0) is 4.79 Å². The van der Waals surface area contributed by atoms with Gasteiger partial charge in [0.25, 0.3) is 5.22 Å². The number of anilines is 1. The number of carbonyl (C=O) groups excluding carboxylic acids is 1. The van der Waals surface area contributed by atoms with Crippen LogP contribution in [0.3, 0.4) is 0 Å². The SMILES string of the molecule is Cc1ccc(N(CCC#N)C(=O)CSc2nc3cc(Cl)ccc3o2)cc1C. The highest BCUT2D eigenvalue weighted by Gasteiger charge is 2.18. The second-order valence-corrected chi connectivity index (χ2v) is 7.47. The van der Waals surface area contributed by atoms with Gasteiger partial charge in [0.1, 0.15) is 5.52 Å². The Morgan fingerprint density at radius 3 is 2.81 bits per heavy atom. The second kappa shape index (κ2) is 8.47. The molecule has 0 atom stereocenters. The van der Waals surface area contributed by atoms with Gasteiger partial charge in [-0.3, -0.25) is 4.79 Å². The maximum Gasteiger partial charge on any atom is 0.257 e. The van der Waals surface area contributed by atoms with Crippen molar-refractivity contribution in [2.45, 2.75) is 25.5 Å². The number of aryl methyl sites for hydroxylation is 2. The summed E-state index contributed by atoms with van der Waals surface area (Å²) in [5, 5.41) is 9.93. The van der Waals surface area contributed by atoms with Gasteiger partial charge < -0.3 is 9.32 Å². The first-order valence-corrected chi connectivity index (χ1v) is 9.78. The van der Waals surface area contributed by atoms with Crippen LogP contribution in [0.2, 0.25) is 5.02 Å². The zero-order valence-electron chi connectivity index (χ0n) is 15.0. The summed E-state index contributed by atoms with van der Waals surface area (Å²) in [6.45, 7) is 4.38. The normalized spacial score (nSPS) is 10.7. The van der Waals surface area contributed by atoms with Crippen LogP contribution in [-0.4, -0.2) is 23.2 Å². The Kier molecular flexibility index (Phi) is 6.04. The van der Waals surface area contributed by atoms with Gasteiger partial charge in [0.2, 0.25) is 5.91 Å². The van der Waals surface area contributed by atoms with Gasteiger partial charge in [0.15, 0.2) is 5.58 Å². The average molecular weight is 400 g/mol. The molecule has 3 rings (SSSR count). The molecule has 1 amide bonds. The van der Waals surface area contributed by atoms with Gasteiger partial charge >= 0.3 is 0 Å². The van der Waals surface area contributed by atoms with Crippen molar-refractivity contribution in [3.05, 3.63) is 52.5 Å². The number of nitriles is 1. The summed E-state index contributed by atoms with van der Waals surface area (Å²) < 4.78 is 5.64. The molecule has 2 aromatic carbocycles. The maximum absolute atomic E-state index is 12.8. The molecule has 0 spiro atoms. The molecule has 1 aromatic heterocycles. The zero-order valence-corrected chi connectivity index (χ0v) is 16.6. The molecule has 0 aliphatic carbocycles. The van der Waals surface area contributed by atoms with Crippen LogP contribution < -0.4 is 4.90 Å². The minimum absolute atomic E-state index is 0.0983. The van der Waals surface area contributed by atoms with Gasteiger partial charge in [-0.1, -0.05) is 29.4 Å². The highest BCUT2D eigenvalue weighted by atomic mass is 35.5. The number of aromatic nitrogens is 1. The molecule has 5 nitrogen and oxygen atoms in total. The summed E-state index contributed by atoms with van der Waals surface area (Å²) in [4.78, 5) is 18.8. The Balaban J connectivity index is 1.75. The molecule has 0 bridgehead atoms. The van der Waals surface area contributed by atoms with Gasteiger partial charge in [-0.25, -0.2) is 4.98 Å². The van der Waals surface area contributed by atoms with E-state index in [-0.39, 0.29) is 18.1 Å². The first kappa shape index (κ1) is 19.3. The lowest BCUT2D eigenvalue weighted by Gasteiger charge is -2.22. The predicted octanol–water partition coefficient (Wildman–Crippen LogP) is 5.14. The molecule has 0 saturated heterocycles. The molecule has 138 valence electrons. The molecule has 3 aromatic rings. The molecule has 0 fully saturated rings. The van der Waals surface area contributed by atoms with Crippen LogP contribution in [0.1, 0.15) is 17.5 Å². The molecular formula is C20H18ClN3O2S. The third kappa shape index (κ3) is 4.62. The van der Waals surface area contributed by atoms with E-state index < -0.39 is 0 Å². The summed E-state index contributed by atoms with van der Waals surface area (Å²) in [5.74, 6) is 0.0672. The fourth-order valence-electron chi connectivity index (χ4n) is 2.60. The van der Waals surface area contributed by atoms with Crippen LogP contribution in [0.4, 0.5) is 5.69 Å². The standard InChI is InChI=1S/C20H18ClN3O2S/c1-13-4-6-16(10-14(13)2)24(9-3-8-22)19(25)12-27-20-23-17-11-15(21)5-7-18(17)26-20/h4-7,10-11H,3,9,12H2,1-2H3. The van der Waals surface area contributed by atoms with Gasteiger partial charge in [0, 0.05) is 17.3 Å². The zero-order chi connectivity index (χ0) is 19.4.